The number of piperazine rings is 1. The van der Waals surface area contributed by atoms with Gasteiger partial charge in [0.2, 0.25) is 15.9 Å². The van der Waals surface area contributed by atoms with Crippen LogP contribution < -0.4 is 5.32 Å². The minimum atomic E-state index is -3.70. The Labute approximate surface area is 177 Å². The third-order valence-electron chi connectivity index (χ3n) is 4.99. The lowest BCUT2D eigenvalue weighted by Gasteiger charge is -2.33. The van der Waals surface area contributed by atoms with Crippen LogP contribution in [0.25, 0.3) is 11.0 Å². The summed E-state index contributed by atoms with van der Waals surface area (Å²) >= 11 is 1.37. The third kappa shape index (κ3) is 3.95. The van der Waals surface area contributed by atoms with Crippen LogP contribution in [0.4, 0.5) is 0 Å². The number of H-pyrrole nitrogens is 1. The van der Waals surface area contributed by atoms with Gasteiger partial charge < -0.3 is 15.2 Å². The average molecular weight is 448 g/mol. The maximum atomic E-state index is 13.0. The van der Waals surface area contributed by atoms with Crippen LogP contribution in [-0.4, -0.2) is 72.1 Å². The van der Waals surface area contributed by atoms with E-state index in [1.165, 1.54) is 21.8 Å². The van der Waals surface area contributed by atoms with Gasteiger partial charge in [-0.2, -0.15) is 4.31 Å². The van der Waals surface area contributed by atoms with Crippen LogP contribution in [-0.2, 0) is 14.8 Å². The molecule has 0 atom stereocenters. The van der Waals surface area contributed by atoms with Gasteiger partial charge in [0.05, 0.1) is 11.4 Å². The molecule has 0 bridgehead atoms. The summed E-state index contributed by atoms with van der Waals surface area (Å²) in [5.74, 6) is -0.513. The molecule has 0 unspecified atom stereocenters. The molecule has 0 spiro atoms. The van der Waals surface area contributed by atoms with Crippen molar-refractivity contribution in [1.29, 1.82) is 0 Å². The second-order valence-electron chi connectivity index (χ2n) is 6.93. The van der Waals surface area contributed by atoms with Gasteiger partial charge in [-0.25, -0.2) is 13.4 Å². The van der Waals surface area contributed by atoms with Crippen molar-refractivity contribution in [3.8, 4) is 0 Å². The quantitative estimate of drug-likeness (QED) is 0.610. The van der Waals surface area contributed by atoms with Gasteiger partial charge in [0.1, 0.15) is 10.5 Å². The second-order valence-corrected chi connectivity index (χ2v) is 10.1. The van der Waals surface area contributed by atoms with Gasteiger partial charge >= 0.3 is 0 Å². The largest absolute Gasteiger partial charge is 0.345 e. The number of rotatable bonds is 5. The topological polar surface area (TPSA) is 115 Å². The molecule has 2 amide bonds. The Hall–Kier alpha value is -2.76. The number of aryl methyl sites for hydroxylation is 1. The van der Waals surface area contributed by atoms with Gasteiger partial charge in [-0.1, -0.05) is 0 Å². The molecule has 1 aliphatic rings. The Morgan fingerprint density at radius 1 is 1.20 bits per heavy atom. The summed E-state index contributed by atoms with van der Waals surface area (Å²) in [7, 11) is -3.70. The first-order valence-corrected chi connectivity index (χ1v) is 11.7. The maximum Gasteiger partial charge on any atom is 0.261 e. The van der Waals surface area contributed by atoms with Crippen molar-refractivity contribution < 1.29 is 18.0 Å². The van der Waals surface area contributed by atoms with E-state index in [0.717, 1.165) is 4.88 Å². The van der Waals surface area contributed by atoms with Crippen molar-refractivity contribution in [3.63, 3.8) is 0 Å². The van der Waals surface area contributed by atoms with Crippen molar-refractivity contribution in [2.75, 3.05) is 32.7 Å². The van der Waals surface area contributed by atoms with Crippen LogP contribution in [0.1, 0.15) is 14.5 Å². The van der Waals surface area contributed by atoms with Gasteiger partial charge in [0.25, 0.3) is 5.91 Å². The summed E-state index contributed by atoms with van der Waals surface area (Å²) in [5, 5.41) is 3.17. The van der Waals surface area contributed by atoms with Crippen molar-refractivity contribution in [2.45, 2.75) is 11.8 Å². The Morgan fingerprint density at radius 3 is 2.67 bits per heavy atom. The lowest BCUT2D eigenvalue weighted by atomic mass is 10.3. The number of sulfonamides is 1. The Balaban J connectivity index is 1.35. The molecule has 0 saturated carbocycles. The number of nitrogens with one attached hydrogen (secondary N) is 2. The number of carbonyl (C=O) groups excluding carboxylic acids is 2. The van der Waals surface area contributed by atoms with E-state index in [9.17, 15) is 18.0 Å². The highest BCUT2D eigenvalue weighted by atomic mass is 32.2. The monoisotopic (exact) mass is 447 g/mol. The molecule has 3 aromatic heterocycles. The van der Waals surface area contributed by atoms with E-state index >= 15 is 0 Å². The molecule has 1 aliphatic heterocycles. The molecule has 0 aromatic carbocycles. The molecule has 158 valence electrons. The van der Waals surface area contributed by atoms with Gasteiger partial charge in [-0.05, 0) is 31.2 Å². The lowest BCUT2D eigenvalue weighted by Crippen LogP contribution is -2.52. The van der Waals surface area contributed by atoms with Gasteiger partial charge in [-0.3, -0.25) is 9.59 Å². The lowest BCUT2D eigenvalue weighted by molar-refractivity contribution is -0.131. The predicted molar refractivity (Wildman–Crippen MR) is 113 cm³/mol. The van der Waals surface area contributed by atoms with Gasteiger partial charge in [0.15, 0.2) is 0 Å². The van der Waals surface area contributed by atoms with Crippen molar-refractivity contribution in [1.82, 2.24) is 24.5 Å². The summed E-state index contributed by atoms with van der Waals surface area (Å²) < 4.78 is 27.4. The van der Waals surface area contributed by atoms with Crippen LogP contribution in [0, 0.1) is 6.92 Å². The van der Waals surface area contributed by atoms with E-state index in [1.807, 2.05) is 13.0 Å². The number of thiophene rings is 1. The summed E-state index contributed by atoms with van der Waals surface area (Å²) in [6.07, 6.45) is 3.05. The first-order chi connectivity index (χ1) is 14.4. The minimum absolute atomic E-state index is 0.114. The summed E-state index contributed by atoms with van der Waals surface area (Å²) in [6, 6.07) is 6.98. The number of fused-ring (bicyclic) bond motifs is 1. The number of amides is 2. The number of hydrogen-bond acceptors (Lipinski definition) is 6. The SMILES string of the molecule is Cc1ccc(C(=O)NCC(=O)N2CCN(S(=O)(=O)c3c[nH]c4ncccc34)CC2)s1. The zero-order valence-corrected chi connectivity index (χ0v) is 17.9. The molecule has 30 heavy (non-hydrogen) atoms. The fraction of sp³-hybridized carbons (Fsp3) is 0.316. The Morgan fingerprint density at radius 2 is 1.97 bits per heavy atom. The van der Waals surface area contributed by atoms with Crippen LogP contribution in [0.3, 0.4) is 0 Å². The van der Waals surface area contributed by atoms with Crippen LogP contribution in [0.2, 0.25) is 0 Å². The number of aromatic amines is 1. The van der Waals surface area contributed by atoms with E-state index in [4.69, 9.17) is 0 Å². The fourth-order valence-corrected chi connectivity index (χ4v) is 5.73. The molecule has 1 saturated heterocycles. The molecule has 0 aliphatic carbocycles. The second kappa shape index (κ2) is 8.17. The van der Waals surface area contributed by atoms with Crippen molar-refractivity contribution >= 4 is 44.2 Å². The number of carbonyl (C=O) groups is 2. The highest BCUT2D eigenvalue weighted by Crippen LogP contribution is 2.25. The van der Waals surface area contributed by atoms with Crippen LogP contribution >= 0.6 is 11.3 Å². The normalized spacial score (nSPS) is 15.4. The van der Waals surface area contributed by atoms with E-state index in [0.29, 0.717) is 15.9 Å². The Kier molecular flexibility index (Phi) is 5.58. The Bertz CT molecular complexity index is 1190. The fourth-order valence-electron chi connectivity index (χ4n) is 3.37. The molecule has 2 N–H and O–H groups in total. The number of aromatic nitrogens is 2. The molecule has 0 radical (unpaired) electrons. The minimum Gasteiger partial charge on any atom is -0.345 e. The number of hydrogen-bond donors (Lipinski definition) is 2. The zero-order valence-electron chi connectivity index (χ0n) is 16.3. The van der Waals surface area contributed by atoms with Crippen molar-refractivity contribution in [2.24, 2.45) is 0 Å². The van der Waals surface area contributed by atoms with Crippen LogP contribution in [0.15, 0.2) is 41.6 Å². The number of nitrogens with zero attached hydrogens (tertiary/aromatic N) is 3. The highest BCUT2D eigenvalue weighted by molar-refractivity contribution is 7.89. The number of pyridine rings is 1. The van der Waals surface area contributed by atoms with Gasteiger partial charge in [-0.15, -0.1) is 11.3 Å². The molecule has 4 rings (SSSR count). The molecule has 3 aromatic rings. The highest BCUT2D eigenvalue weighted by Gasteiger charge is 2.32. The first kappa shape index (κ1) is 20.5. The smallest absolute Gasteiger partial charge is 0.261 e. The standard InChI is InChI=1S/C19H21N5O4S2/c1-13-4-5-15(29-13)19(26)22-12-17(25)23-7-9-24(10-8-23)30(27,28)16-11-21-18-14(16)3-2-6-20-18/h2-6,11H,7-10,12H2,1H3,(H,20,21)(H,22,26). The molecule has 11 heteroatoms. The molecule has 1 fully saturated rings. The van der Waals surface area contributed by atoms with Crippen LogP contribution in [0.5, 0.6) is 0 Å². The van der Waals surface area contributed by atoms with E-state index in [2.05, 4.69) is 15.3 Å². The van der Waals surface area contributed by atoms with E-state index in [-0.39, 0.29) is 49.4 Å². The predicted octanol–water partition coefficient (Wildman–Crippen LogP) is 1.20. The molecular weight excluding hydrogens is 426 g/mol. The third-order valence-corrected chi connectivity index (χ3v) is 7.92. The summed E-state index contributed by atoms with van der Waals surface area (Å²) in [6.45, 7) is 2.72. The molecule has 9 nitrogen and oxygen atoms in total. The average Bonchev–Trinajstić information content (AvgIpc) is 3.38. The van der Waals surface area contributed by atoms with E-state index in [1.54, 1.807) is 29.3 Å². The summed E-state index contributed by atoms with van der Waals surface area (Å²) in [4.78, 5) is 34.9. The molecule has 4 heterocycles. The maximum absolute atomic E-state index is 13.0. The van der Waals surface area contributed by atoms with Crippen molar-refractivity contribution in [3.05, 3.63) is 46.4 Å². The summed E-state index contributed by atoms with van der Waals surface area (Å²) in [5.41, 5.74) is 0.515. The zero-order chi connectivity index (χ0) is 21.3. The van der Waals surface area contributed by atoms with E-state index < -0.39 is 10.0 Å². The van der Waals surface area contributed by atoms with Gasteiger partial charge in [0, 0.05) is 48.8 Å². The first-order valence-electron chi connectivity index (χ1n) is 9.41. The molecular formula is C19H21N5O4S2.